The van der Waals surface area contributed by atoms with Gasteiger partial charge in [-0.15, -0.1) is 0 Å². The van der Waals surface area contributed by atoms with Gasteiger partial charge in [0.1, 0.15) is 23.9 Å². The summed E-state index contributed by atoms with van der Waals surface area (Å²) in [6, 6.07) is 9.47. The van der Waals surface area contributed by atoms with Gasteiger partial charge in [0, 0.05) is 31.4 Å². The second kappa shape index (κ2) is 9.64. The molecule has 7 nitrogen and oxygen atoms in total. The maximum atomic E-state index is 14.7. The summed E-state index contributed by atoms with van der Waals surface area (Å²) in [6.07, 6.45) is -0.328. The molecule has 2 aliphatic heterocycles. The van der Waals surface area contributed by atoms with Crippen LogP contribution in [-0.2, 0) is 4.74 Å². The molecule has 4 rings (SSSR count). The van der Waals surface area contributed by atoms with E-state index in [-0.39, 0.29) is 23.2 Å². The average Bonchev–Trinajstić information content (AvgIpc) is 2.78. The van der Waals surface area contributed by atoms with Crippen LogP contribution in [0, 0.1) is 5.82 Å². The fourth-order valence-electron chi connectivity index (χ4n) is 4.54. The number of pyridine rings is 1. The van der Waals surface area contributed by atoms with E-state index in [1.165, 1.54) is 6.07 Å². The maximum absolute atomic E-state index is 14.7. The van der Waals surface area contributed by atoms with Gasteiger partial charge in [0.2, 0.25) is 0 Å². The van der Waals surface area contributed by atoms with E-state index in [0.29, 0.717) is 43.5 Å². The van der Waals surface area contributed by atoms with Crippen LogP contribution in [0.25, 0.3) is 0 Å². The Kier molecular flexibility index (Phi) is 6.95. The number of fused-ring (bicyclic) bond motifs is 1. The zero-order valence-corrected chi connectivity index (χ0v) is 21.9. The predicted molar refractivity (Wildman–Crippen MR) is 137 cm³/mol. The highest BCUT2D eigenvalue weighted by Crippen LogP contribution is 2.37. The van der Waals surface area contributed by atoms with Crippen molar-refractivity contribution in [1.82, 2.24) is 14.8 Å². The van der Waals surface area contributed by atoms with Gasteiger partial charge < -0.3 is 19.4 Å². The number of anilines is 2. The Labute approximate surface area is 211 Å². The van der Waals surface area contributed by atoms with Crippen molar-refractivity contribution in [2.24, 2.45) is 4.99 Å². The van der Waals surface area contributed by atoms with Crippen LogP contribution in [-0.4, -0.2) is 64.7 Å². The van der Waals surface area contributed by atoms with Crippen LogP contribution < -0.4 is 4.90 Å². The molecule has 2 aliphatic rings. The lowest BCUT2D eigenvalue weighted by atomic mass is 10.00. The molecule has 1 saturated heterocycles. The predicted octanol–water partition coefficient (Wildman–Crippen LogP) is 5.79. The Morgan fingerprint density at radius 2 is 1.94 bits per heavy atom. The third-order valence-corrected chi connectivity index (χ3v) is 6.44. The summed E-state index contributed by atoms with van der Waals surface area (Å²) < 4.78 is 20.2. The highest BCUT2D eigenvalue weighted by molar-refractivity contribution is 6.30. The fourth-order valence-corrected chi connectivity index (χ4v) is 4.67. The third-order valence-electron chi connectivity index (χ3n) is 6.17. The van der Waals surface area contributed by atoms with Gasteiger partial charge in [-0.25, -0.2) is 19.2 Å². The fraction of sp³-hybridized carbons (Fsp3) is 0.500. The Morgan fingerprint density at radius 1 is 1.23 bits per heavy atom. The topological polar surface area (TPSA) is 61.3 Å². The van der Waals surface area contributed by atoms with Crippen molar-refractivity contribution in [3.63, 3.8) is 0 Å². The largest absolute Gasteiger partial charge is 0.444 e. The zero-order valence-electron chi connectivity index (χ0n) is 21.2. The van der Waals surface area contributed by atoms with Crippen LogP contribution in [0.4, 0.5) is 20.7 Å². The summed E-state index contributed by atoms with van der Waals surface area (Å²) in [6.45, 7) is 13.7. The van der Waals surface area contributed by atoms with Crippen LogP contribution in [0.15, 0.2) is 35.3 Å². The smallest absolute Gasteiger partial charge is 0.410 e. The van der Waals surface area contributed by atoms with Crippen LogP contribution in [0.1, 0.15) is 58.6 Å². The Balaban J connectivity index is 1.66. The molecule has 0 saturated carbocycles. The minimum absolute atomic E-state index is 0.0453. The van der Waals surface area contributed by atoms with Gasteiger partial charge in [0.05, 0.1) is 5.56 Å². The number of aliphatic imine (C=N–C) groups is 1. The van der Waals surface area contributed by atoms with E-state index in [2.05, 4.69) is 29.8 Å². The van der Waals surface area contributed by atoms with Crippen molar-refractivity contribution in [3.05, 3.63) is 52.4 Å². The Bertz CT molecular complexity index is 1150. The number of hydrogen-bond donors (Lipinski definition) is 0. The number of piperazine rings is 1. The van der Waals surface area contributed by atoms with E-state index in [1.54, 1.807) is 4.90 Å². The lowest BCUT2D eigenvalue weighted by Gasteiger charge is -2.43. The first kappa shape index (κ1) is 25.2. The molecule has 0 unspecified atom stereocenters. The van der Waals surface area contributed by atoms with Gasteiger partial charge in [-0.1, -0.05) is 43.6 Å². The monoisotopic (exact) mass is 501 g/mol. The number of carbonyl (C=O) groups is 1. The number of halogens is 2. The van der Waals surface area contributed by atoms with Gasteiger partial charge in [-0.05, 0) is 51.3 Å². The van der Waals surface area contributed by atoms with Crippen LogP contribution >= 0.6 is 11.6 Å². The molecular formula is C26H33ClFN5O2. The van der Waals surface area contributed by atoms with E-state index in [9.17, 15) is 9.18 Å². The summed E-state index contributed by atoms with van der Waals surface area (Å²) in [5.41, 5.74) is 2.17. The van der Waals surface area contributed by atoms with Crippen molar-refractivity contribution in [2.75, 3.05) is 31.2 Å². The number of ether oxygens (including phenoxy) is 1. The highest BCUT2D eigenvalue weighted by atomic mass is 35.5. The van der Waals surface area contributed by atoms with E-state index in [1.807, 2.05) is 50.8 Å². The van der Waals surface area contributed by atoms with Crippen molar-refractivity contribution in [3.8, 4) is 0 Å². The summed E-state index contributed by atoms with van der Waals surface area (Å²) in [7, 11) is 0. The first-order chi connectivity index (χ1) is 16.5. The molecule has 0 bridgehead atoms. The van der Waals surface area contributed by atoms with E-state index in [4.69, 9.17) is 21.3 Å². The molecule has 2 aromatic rings. The number of benzene rings is 1. The number of rotatable bonds is 2. The molecule has 188 valence electrons. The number of para-hydroxylation sites is 1. The Hall–Kier alpha value is -2.87. The van der Waals surface area contributed by atoms with Gasteiger partial charge in [0.25, 0.3) is 0 Å². The molecular weight excluding hydrogens is 469 g/mol. The second-order valence-electron chi connectivity index (χ2n) is 10.4. The molecule has 1 aromatic carbocycles. The minimum atomic E-state index is -0.586. The molecule has 0 radical (unpaired) electrons. The van der Waals surface area contributed by atoms with E-state index in [0.717, 1.165) is 11.3 Å². The van der Waals surface area contributed by atoms with Crippen molar-refractivity contribution >= 4 is 35.0 Å². The van der Waals surface area contributed by atoms with Gasteiger partial charge in [0.15, 0.2) is 11.0 Å². The average molecular weight is 502 g/mol. The maximum Gasteiger partial charge on any atom is 0.410 e. The number of amides is 1. The van der Waals surface area contributed by atoms with Gasteiger partial charge >= 0.3 is 6.09 Å². The molecule has 1 aromatic heterocycles. The van der Waals surface area contributed by atoms with E-state index >= 15 is 0 Å². The zero-order chi connectivity index (χ0) is 25.5. The molecule has 0 spiro atoms. The molecule has 1 atom stereocenters. The number of hydrogen-bond acceptors (Lipinski definition) is 6. The number of amidine groups is 1. The van der Waals surface area contributed by atoms with Crippen LogP contribution in [0.2, 0.25) is 5.15 Å². The number of aromatic nitrogens is 1. The summed E-state index contributed by atoms with van der Waals surface area (Å²) in [5.74, 6) is 0.947. The SMILES string of the molecule is CC(C)c1ccccc1N1CN=C(N2CCN(C(=O)OC(C)(C)C)C[C@@H]2C)c2cc(F)c(Cl)nc21. The van der Waals surface area contributed by atoms with Gasteiger partial charge in [-0.3, -0.25) is 0 Å². The second-order valence-corrected chi connectivity index (χ2v) is 10.7. The Morgan fingerprint density at radius 3 is 2.60 bits per heavy atom. The molecule has 0 N–H and O–H groups in total. The minimum Gasteiger partial charge on any atom is -0.444 e. The standard InChI is InChI=1S/C26H33ClFN5O2/c1-16(2)18-9-7-8-10-21(18)33-15-29-23(19-13-20(28)22(27)30-24(19)33)32-12-11-31(14-17(32)3)25(34)35-26(4,5)6/h7-10,13,16-17H,11-12,14-15H2,1-6H3/t17-/m0/s1. The summed E-state index contributed by atoms with van der Waals surface area (Å²) in [5, 5.41) is -0.167. The molecule has 9 heteroatoms. The summed E-state index contributed by atoms with van der Waals surface area (Å²) >= 11 is 6.15. The lowest BCUT2D eigenvalue weighted by molar-refractivity contribution is 0.0133. The van der Waals surface area contributed by atoms with E-state index < -0.39 is 11.4 Å². The van der Waals surface area contributed by atoms with Crippen molar-refractivity contribution in [1.29, 1.82) is 0 Å². The first-order valence-electron chi connectivity index (χ1n) is 12.0. The number of nitrogens with zero attached hydrogens (tertiary/aromatic N) is 5. The lowest BCUT2D eigenvalue weighted by Crippen LogP contribution is -2.57. The molecule has 1 amide bonds. The summed E-state index contributed by atoms with van der Waals surface area (Å²) in [4.78, 5) is 27.7. The quantitative estimate of drug-likeness (QED) is 0.487. The van der Waals surface area contributed by atoms with Gasteiger partial charge in [-0.2, -0.15) is 0 Å². The normalized spacial score (nSPS) is 18.5. The third kappa shape index (κ3) is 5.22. The van der Waals surface area contributed by atoms with Crippen LogP contribution in [0.3, 0.4) is 0 Å². The molecule has 3 heterocycles. The number of carbonyl (C=O) groups excluding carboxylic acids is 1. The van der Waals surface area contributed by atoms with Crippen molar-refractivity contribution in [2.45, 2.75) is 59.1 Å². The first-order valence-corrected chi connectivity index (χ1v) is 12.4. The molecule has 0 aliphatic carbocycles. The highest BCUT2D eigenvalue weighted by Gasteiger charge is 2.35. The van der Waals surface area contributed by atoms with Crippen molar-refractivity contribution < 1.29 is 13.9 Å². The molecule has 1 fully saturated rings. The van der Waals surface area contributed by atoms with Crippen LogP contribution in [0.5, 0.6) is 0 Å². The molecule has 35 heavy (non-hydrogen) atoms.